The van der Waals surface area contributed by atoms with Gasteiger partial charge in [-0.25, -0.2) is 0 Å². The summed E-state index contributed by atoms with van der Waals surface area (Å²) < 4.78 is 5.26. The normalized spacial score (nSPS) is 11.2. The number of hydrogen-bond donors (Lipinski definition) is 3. The van der Waals surface area contributed by atoms with E-state index in [1.54, 1.807) is 20.1 Å². The lowest BCUT2D eigenvalue weighted by molar-refractivity contribution is 0.408. The van der Waals surface area contributed by atoms with Gasteiger partial charge in [-0.3, -0.25) is 0 Å². The molecule has 0 heterocycles. The Balaban J connectivity index is 2.07. The van der Waals surface area contributed by atoms with Crippen molar-refractivity contribution in [3.05, 3.63) is 53.6 Å². The maximum Gasteiger partial charge on any atom is 0.128 e. The number of hydrogen-bond acceptors (Lipinski definition) is 5. The van der Waals surface area contributed by atoms with Gasteiger partial charge in [0.2, 0.25) is 0 Å². The maximum atomic E-state index is 9.77. The second-order valence-corrected chi connectivity index (χ2v) is 4.55. The Morgan fingerprint density at radius 3 is 2.67 bits per heavy atom. The van der Waals surface area contributed by atoms with E-state index in [1.165, 1.54) is 12.1 Å². The van der Waals surface area contributed by atoms with Gasteiger partial charge in [0.05, 0.1) is 19.4 Å². The van der Waals surface area contributed by atoms with E-state index < -0.39 is 0 Å². The molecule has 2 aromatic rings. The van der Waals surface area contributed by atoms with Crippen LogP contribution >= 0.6 is 0 Å². The third-order valence-electron chi connectivity index (χ3n) is 3.08. The average Bonchev–Trinajstić information content (AvgIpc) is 2.47. The predicted octanol–water partition coefficient (Wildman–Crippen LogP) is 2.62. The molecular weight excluding hydrogens is 268 g/mol. The molecule has 0 bridgehead atoms. The van der Waals surface area contributed by atoms with E-state index in [2.05, 4.69) is 10.5 Å². The van der Waals surface area contributed by atoms with Crippen molar-refractivity contribution in [1.29, 1.82) is 0 Å². The van der Waals surface area contributed by atoms with Crippen molar-refractivity contribution in [2.45, 2.75) is 13.5 Å². The minimum atomic E-state index is -0.00431. The van der Waals surface area contributed by atoms with Crippen molar-refractivity contribution in [2.24, 2.45) is 5.10 Å². The zero-order chi connectivity index (χ0) is 15.2. The molecule has 0 unspecified atom stereocenters. The summed E-state index contributed by atoms with van der Waals surface area (Å²) in [5.41, 5.74) is 5.14. The quantitative estimate of drug-likeness (QED) is 0.583. The van der Waals surface area contributed by atoms with Crippen molar-refractivity contribution in [2.75, 3.05) is 7.11 Å². The molecule has 0 saturated heterocycles. The number of phenols is 2. The molecule has 2 rings (SSSR count). The number of ether oxygens (including phenoxy) is 1. The summed E-state index contributed by atoms with van der Waals surface area (Å²) >= 11 is 0. The van der Waals surface area contributed by atoms with E-state index in [0.717, 1.165) is 11.3 Å². The highest BCUT2D eigenvalue weighted by Gasteiger charge is 2.06. The van der Waals surface area contributed by atoms with Gasteiger partial charge >= 0.3 is 0 Å². The maximum absolute atomic E-state index is 9.77. The number of nitrogens with zero attached hydrogens (tertiary/aromatic N) is 1. The molecule has 110 valence electrons. The molecule has 2 aromatic carbocycles. The van der Waals surface area contributed by atoms with Crippen molar-refractivity contribution in [3.8, 4) is 17.2 Å². The van der Waals surface area contributed by atoms with Crippen LogP contribution in [0.2, 0.25) is 0 Å². The van der Waals surface area contributed by atoms with E-state index in [9.17, 15) is 10.2 Å². The lowest BCUT2D eigenvalue weighted by Crippen LogP contribution is -2.10. The van der Waals surface area contributed by atoms with Gasteiger partial charge in [-0.05, 0) is 25.1 Å². The third kappa shape index (κ3) is 3.66. The van der Waals surface area contributed by atoms with Gasteiger partial charge in [-0.1, -0.05) is 18.2 Å². The molecule has 21 heavy (non-hydrogen) atoms. The van der Waals surface area contributed by atoms with Crippen LogP contribution in [0.4, 0.5) is 0 Å². The molecule has 0 saturated carbocycles. The van der Waals surface area contributed by atoms with Gasteiger partial charge in [-0.2, -0.15) is 5.10 Å². The summed E-state index contributed by atoms with van der Waals surface area (Å²) in [5, 5.41) is 23.3. The summed E-state index contributed by atoms with van der Waals surface area (Å²) in [6, 6.07) is 12.1. The first-order chi connectivity index (χ1) is 10.1. The standard InChI is InChI=1S/C16H18N2O3/c1-11(14-8-7-13(19)9-15(14)20)18-17-10-12-5-3-4-6-16(12)21-2/h3-9,17,19-20H,10H2,1-2H3/b18-11-. The first-order valence-electron chi connectivity index (χ1n) is 6.53. The van der Waals surface area contributed by atoms with Crippen LogP contribution < -0.4 is 10.2 Å². The van der Waals surface area contributed by atoms with E-state index in [-0.39, 0.29) is 11.5 Å². The molecule has 0 atom stereocenters. The predicted molar refractivity (Wildman–Crippen MR) is 81.8 cm³/mol. The Kier molecular flexibility index (Phi) is 4.66. The summed E-state index contributed by atoms with van der Waals surface area (Å²) in [6.45, 7) is 2.29. The van der Waals surface area contributed by atoms with Gasteiger partial charge < -0.3 is 20.4 Å². The van der Waals surface area contributed by atoms with Gasteiger partial charge in [0.15, 0.2) is 0 Å². The third-order valence-corrected chi connectivity index (χ3v) is 3.08. The minimum Gasteiger partial charge on any atom is -0.508 e. The van der Waals surface area contributed by atoms with Gasteiger partial charge in [0.25, 0.3) is 0 Å². The van der Waals surface area contributed by atoms with E-state index in [1.807, 2.05) is 24.3 Å². The molecular formula is C16H18N2O3. The molecule has 0 amide bonds. The Labute approximate surface area is 123 Å². The molecule has 0 aliphatic heterocycles. The van der Waals surface area contributed by atoms with Gasteiger partial charge in [0.1, 0.15) is 17.2 Å². The summed E-state index contributed by atoms with van der Waals surface area (Å²) in [5.74, 6) is 0.812. The number of nitrogens with one attached hydrogen (secondary N) is 1. The van der Waals surface area contributed by atoms with Gasteiger partial charge in [-0.15, -0.1) is 0 Å². The minimum absolute atomic E-state index is 0.00431. The largest absolute Gasteiger partial charge is 0.508 e. The Morgan fingerprint density at radius 2 is 1.95 bits per heavy atom. The summed E-state index contributed by atoms with van der Waals surface area (Å²) in [6.07, 6.45) is 0. The molecule has 0 aliphatic rings. The Bertz CT molecular complexity index is 654. The first-order valence-corrected chi connectivity index (χ1v) is 6.53. The second-order valence-electron chi connectivity index (χ2n) is 4.55. The molecule has 5 nitrogen and oxygen atoms in total. The monoisotopic (exact) mass is 286 g/mol. The van der Waals surface area contributed by atoms with Crippen LogP contribution in [0.3, 0.4) is 0 Å². The lowest BCUT2D eigenvalue weighted by atomic mass is 10.1. The van der Waals surface area contributed by atoms with Crippen LogP contribution in [0, 0.1) is 0 Å². The molecule has 0 spiro atoms. The van der Waals surface area contributed by atoms with Gasteiger partial charge in [0, 0.05) is 17.2 Å². The van der Waals surface area contributed by atoms with Crippen LogP contribution in [0.25, 0.3) is 0 Å². The summed E-state index contributed by atoms with van der Waals surface area (Å²) in [7, 11) is 1.63. The fourth-order valence-corrected chi connectivity index (χ4v) is 1.98. The number of aromatic hydroxyl groups is 2. The number of methoxy groups -OCH3 is 1. The lowest BCUT2D eigenvalue weighted by Gasteiger charge is -2.09. The fraction of sp³-hybridized carbons (Fsp3) is 0.188. The highest BCUT2D eigenvalue weighted by Crippen LogP contribution is 2.23. The number of para-hydroxylation sites is 1. The second kappa shape index (κ2) is 6.65. The van der Waals surface area contributed by atoms with Crippen molar-refractivity contribution in [3.63, 3.8) is 0 Å². The van der Waals surface area contributed by atoms with Crippen molar-refractivity contribution in [1.82, 2.24) is 5.43 Å². The Morgan fingerprint density at radius 1 is 1.19 bits per heavy atom. The molecule has 0 radical (unpaired) electrons. The van der Waals surface area contributed by atoms with Crippen LogP contribution in [-0.2, 0) is 6.54 Å². The zero-order valence-electron chi connectivity index (χ0n) is 12.0. The number of phenolic OH excluding ortho intramolecular Hbond substituents is 2. The molecule has 5 heteroatoms. The number of benzene rings is 2. The molecule has 0 aromatic heterocycles. The molecule has 3 N–H and O–H groups in total. The molecule has 0 aliphatic carbocycles. The summed E-state index contributed by atoms with van der Waals surface area (Å²) in [4.78, 5) is 0. The van der Waals surface area contributed by atoms with Crippen molar-refractivity contribution < 1.29 is 14.9 Å². The van der Waals surface area contributed by atoms with Crippen LogP contribution in [-0.4, -0.2) is 23.0 Å². The fourth-order valence-electron chi connectivity index (χ4n) is 1.98. The topological polar surface area (TPSA) is 74.1 Å². The number of hydrazone groups is 1. The Hall–Kier alpha value is -2.69. The highest BCUT2D eigenvalue weighted by molar-refractivity contribution is 6.01. The van der Waals surface area contributed by atoms with Crippen LogP contribution in [0.15, 0.2) is 47.6 Å². The van der Waals surface area contributed by atoms with Crippen molar-refractivity contribution >= 4 is 5.71 Å². The number of rotatable bonds is 5. The first kappa shape index (κ1) is 14.7. The molecule has 0 fully saturated rings. The van der Waals surface area contributed by atoms with Crippen LogP contribution in [0.1, 0.15) is 18.1 Å². The smallest absolute Gasteiger partial charge is 0.128 e. The van der Waals surface area contributed by atoms with E-state index in [0.29, 0.717) is 17.8 Å². The zero-order valence-corrected chi connectivity index (χ0v) is 12.0. The average molecular weight is 286 g/mol. The van der Waals surface area contributed by atoms with E-state index >= 15 is 0 Å². The van der Waals surface area contributed by atoms with E-state index in [4.69, 9.17) is 4.74 Å². The highest BCUT2D eigenvalue weighted by atomic mass is 16.5. The van der Waals surface area contributed by atoms with Crippen LogP contribution in [0.5, 0.6) is 17.2 Å². The SMILES string of the molecule is COc1ccccc1CN/N=C(/C)c1ccc(O)cc1O.